The van der Waals surface area contributed by atoms with E-state index >= 15 is 0 Å². The van der Waals surface area contributed by atoms with E-state index in [0.717, 1.165) is 27.3 Å². The molecule has 3 atom stereocenters. The van der Waals surface area contributed by atoms with E-state index in [1.165, 1.54) is 4.90 Å². The molecule has 1 unspecified atom stereocenters. The maximum Gasteiger partial charge on any atom is 0.243 e. The molecule has 2 heterocycles. The zero-order valence-electron chi connectivity index (χ0n) is 20.7. The van der Waals surface area contributed by atoms with E-state index in [2.05, 4.69) is 10.3 Å². The molecule has 0 bridgehead atoms. The summed E-state index contributed by atoms with van der Waals surface area (Å²) < 4.78 is 0. The zero-order chi connectivity index (χ0) is 25.8. The number of aryl methyl sites for hydroxylation is 2. The lowest BCUT2D eigenvalue weighted by molar-refractivity contribution is -0.141. The lowest BCUT2D eigenvalue weighted by Crippen LogP contribution is -2.47. The minimum Gasteiger partial charge on any atom is -0.391 e. The topological polar surface area (TPSA) is 99.6 Å². The zero-order valence-corrected chi connectivity index (χ0v) is 21.5. The second-order valence-corrected chi connectivity index (χ2v) is 10.3. The summed E-state index contributed by atoms with van der Waals surface area (Å²) in [6.45, 7) is 5.99. The van der Waals surface area contributed by atoms with Crippen LogP contribution in [0.2, 0.25) is 0 Å². The van der Waals surface area contributed by atoms with Crippen molar-refractivity contribution in [3.8, 4) is 10.4 Å². The van der Waals surface area contributed by atoms with Crippen LogP contribution in [0.3, 0.4) is 0 Å². The number of thiazole rings is 1. The van der Waals surface area contributed by atoms with Crippen molar-refractivity contribution in [3.05, 3.63) is 76.4 Å². The van der Waals surface area contributed by atoms with Gasteiger partial charge in [0.1, 0.15) is 6.04 Å². The average molecular weight is 506 g/mol. The van der Waals surface area contributed by atoms with Gasteiger partial charge in [-0.25, -0.2) is 4.98 Å². The third-order valence-electron chi connectivity index (χ3n) is 6.55. The minimum atomic E-state index is -0.772. The van der Waals surface area contributed by atoms with Gasteiger partial charge in [-0.15, -0.1) is 11.3 Å². The number of carbonyl (C=O) groups is 3. The maximum absolute atomic E-state index is 13.2. The number of nitrogens with zero attached hydrogens (tertiary/aromatic N) is 2. The number of nitrogens with one attached hydrogen (secondary N) is 1. The molecule has 2 aromatic carbocycles. The van der Waals surface area contributed by atoms with Crippen LogP contribution in [-0.4, -0.2) is 51.3 Å². The number of aliphatic hydroxyl groups is 1. The first-order valence-corrected chi connectivity index (χ1v) is 13.0. The van der Waals surface area contributed by atoms with Gasteiger partial charge in [0.05, 0.1) is 22.2 Å². The summed E-state index contributed by atoms with van der Waals surface area (Å²) in [6, 6.07) is 14.4. The van der Waals surface area contributed by atoms with Gasteiger partial charge in [-0.05, 0) is 31.0 Å². The fourth-order valence-corrected chi connectivity index (χ4v) is 5.36. The summed E-state index contributed by atoms with van der Waals surface area (Å²) in [5.41, 5.74) is 6.37. The standard InChI is InChI=1S/C28H31N3O4S/c1-17-5-4-6-22(11-17)25(33)12-18(2)28(35)31-15-23(32)13-24(31)27(34)29-14-20-7-9-21(10-8-20)26-19(3)30-16-36-26/h4-11,16,18,23-24,32H,12-15H2,1-3H3,(H,29,34)/t18?,23-,24+/m1/s1. The molecule has 8 heteroatoms. The van der Waals surface area contributed by atoms with Gasteiger partial charge < -0.3 is 15.3 Å². The van der Waals surface area contributed by atoms with Crippen LogP contribution in [0.25, 0.3) is 10.4 Å². The Morgan fingerprint density at radius 2 is 1.92 bits per heavy atom. The van der Waals surface area contributed by atoms with E-state index in [-0.39, 0.29) is 37.0 Å². The highest BCUT2D eigenvalue weighted by Crippen LogP contribution is 2.27. The lowest BCUT2D eigenvalue weighted by Gasteiger charge is -2.26. The van der Waals surface area contributed by atoms with Gasteiger partial charge in [0.2, 0.25) is 11.8 Å². The Morgan fingerprint density at radius 3 is 2.58 bits per heavy atom. The number of likely N-dealkylation sites (tertiary alicyclic amines) is 1. The van der Waals surface area contributed by atoms with Crippen LogP contribution in [0, 0.1) is 19.8 Å². The third-order valence-corrected chi connectivity index (χ3v) is 7.52. The number of amides is 2. The molecule has 0 aliphatic carbocycles. The van der Waals surface area contributed by atoms with E-state index < -0.39 is 18.1 Å². The van der Waals surface area contributed by atoms with E-state index in [0.29, 0.717) is 12.1 Å². The first-order valence-electron chi connectivity index (χ1n) is 12.1. The Morgan fingerprint density at radius 1 is 1.17 bits per heavy atom. The van der Waals surface area contributed by atoms with Gasteiger partial charge in [-0.1, -0.05) is 55.0 Å². The minimum absolute atomic E-state index is 0.0504. The number of hydrogen-bond donors (Lipinski definition) is 2. The Balaban J connectivity index is 1.36. The molecule has 1 aliphatic heterocycles. The number of ketones is 1. The Bertz CT molecular complexity index is 1250. The molecule has 1 saturated heterocycles. The van der Waals surface area contributed by atoms with E-state index in [1.54, 1.807) is 30.4 Å². The number of β-amino-alcohol motifs (C(OH)–C–C–N with tert-alkyl or cyclic N) is 1. The van der Waals surface area contributed by atoms with Gasteiger partial charge in [0, 0.05) is 37.4 Å². The fourth-order valence-electron chi connectivity index (χ4n) is 4.55. The first-order chi connectivity index (χ1) is 17.2. The summed E-state index contributed by atoms with van der Waals surface area (Å²) in [4.78, 5) is 45.7. The number of Topliss-reactive ketones (excluding diaryl/α,β-unsaturated/α-hetero) is 1. The predicted octanol–water partition coefficient (Wildman–Crippen LogP) is 3.91. The smallest absolute Gasteiger partial charge is 0.243 e. The maximum atomic E-state index is 13.2. The van der Waals surface area contributed by atoms with Crippen molar-refractivity contribution in [1.29, 1.82) is 0 Å². The quantitative estimate of drug-likeness (QED) is 0.452. The van der Waals surface area contributed by atoms with Gasteiger partial charge in [-0.2, -0.15) is 0 Å². The second kappa shape index (κ2) is 11.1. The van der Waals surface area contributed by atoms with Crippen molar-refractivity contribution < 1.29 is 19.5 Å². The van der Waals surface area contributed by atoms with Crippen LogP contribution >= 0.6 is 11.3 Å². The molecule has 36 heavy (non-hydrogen) atoms. The summed E-state index contributed by atoms with van der Waals surface area (Å²) in [7, 11) is 0. The van der Waals surface area contributed by atoms with Gasteiger partial charge in [0.15, 0.2) is 5.78 Å². The molecular formula is C28H31N3O4S. The molecule has 3 aromatic rings. The predicted molar refractivity (Wildman–Crippen MR) is 140 cm³/mol. The third kappa shape index (κ3) is 5.88. The molecular weight excluding hydrogens is 474 g/mol. The Kier molecular flexibility index (Phi) is 7.96. The number of aliphatic hydroxyl groups excluding tert-OH is 1. The first kappa shape index (κ1) is 25.7. The average Bonchev–Trinajstić information content (AvgIpc) is 3.47. The van der Waals surface area contributed by atoms with Crippen LogP contribution in [0.1, 0.15) is 46.9 Å². The fraction of sp³-hybridized carbons (Fsp3) is 0.357. The van der Waals surface area contributed by atoms with Crippen LogP contribution in [0.15, 0.2) is 54.0 Å². The molecule has 1 aromatic heterocycles. The van der Waals surface area contributed by atoms with Crippen LogP contribution < -0.4 is 5.32 Å². The number of hydrogen-bond acceptors (Lipinski definition) is 6. The van der Waals surface area contributed by atoms with E-state index in [9.17, 15) is 19.5 Å². The highest BCUT2D eigenvalue weighted by molar-refractivity contribution is 7.13. The molecule has 1 aliphatic rings. The van der Waals surface area contributed by atoms with Crippen LogP contribution in [-0.2, 0) is 16.1 Å². The van der Waals surface area contributed by atoms with Crippen molar-refractivity contribution in [2.45, 2.75) is 52.3 Å². The van der Waals surface area contributed by atoms with Gasteiger partial charge in [0.25, 0.3) is 0 Å². The summed E-state index contributed by atoms with van der Waals surface area (Å²) in [6.07, 6.45) is -0.541. The summed E-state index contributed by atoms with van der Waals surface area (Å²) in [5, 5.41) is 13.1. The van der Waals surface area contributed by atoms with Crippen molar-refractivity contribution in [2.75, 3.05) is 6.54 Å². The molecule has 0 saturated carbocycles. The molecule has 7 nitrogen and oxygen atoms in total. The van der Waals surface area contributed by atoms with E-state index in [1.807, 2.05) is 55.8 Å². The molecule has 2 amide bonds. The molecule has 0 spiro atoms. The van der Waals surface area contributed by atoms with E-state index in [4.69, 9.17) is 0 Å². The monoisotopic (exact) mass is 505 g/mol. The normalized spacial score (nSPS) is 18.2. The molecule has 2 N–H and O–H groups in total. The Labute approximate surface area is 215 Å². The van der Waals surface area contributed by atoms with Gasteiger partial charge in [-0.3, -0.25) is 14.4 Å². The molecule has 1 fully saturated rings. The van der Waals surface area contributed by atoms with Crippen molar-refractivity contribution in [2.24, 2.45) is 5.92 Å². The van der Waals surface area contributed by atoms with Crippen molar-refractivity contribution in [1.82, 2.24) is 15.2 Å². The number of benzene rings is 2. The Hall–Kier alpha value is -3.36. The summed E-state index contributed by atoms with van der Waals surface area (Å²) >= 11 is 1.59. The number of carbonyl (C=O) groups excluding carboxylic acids is 3. The number of rotatable bonds is 8. The van der Waals surface area contributed by atoms with Crippen LogP contribution in [0.4, 0.5) is 0 Å². The SMILES string of the molecule is Cc1cccc(C(=O)CC(C)C(=O)N2C[C@H](O)C[C@H]2C(=O)NCc2ccc(-c3scnc3C)cc2)c1. The molecule has 4 rings (SSSR count). The van der Waals surface area contributed by atoms with Gasteiger partial charge >= 0.3 is 0 Å². The summed E-state index contributed by atoms with van der Waals surface area (Å²) in [5.74, 6) is -1.31. The van der Waals surface area contributed by atoms with Crippen LogP contribution in [0.5, 0.6) is 0 Å². The highest BCUT2D eigenvalue weighted by Gasteiger charge is 2.40. The second-order valence-electron chi connectivity index (χ2n) is 9.48. The molecule has 0 radical (unpaired) electrons. The largest absolute Gasteiger partial charge is 0.391 e. The number of aromatic nitrogens is 1. The van der Waals surface area contributed by atoms with Crippen molar-refractivity contribution >= 4 is 28.9 Å². The van der Waals surface area contributed by atoms with Crippen molar-refractivity contribution in [3.63, 3.8) is 0 Å². The highest BCUT2D eigenvalue weighted by atomic mass is 32.1. The lowest BCUT2D eigenvalue weighted by atomic mass is 9.97. The molecule has 188 valence electrons.